The second kappa shape index (κ2) is 5.60. The number of hydrogen-bond acceptors (Lipinski definition) is 2. The fourth-order valence-electron chi connectivity index (χ4n) is 0.798. The molecule has 69 valence electrons. The molecular formula is C10H11ClNO. The minimum absolute atomic E-state index is 0.462. The Labute approximate surface area is 83.2 Å². The van der Waals surface area contributed by atoms with Gasteiger partial charge in [0.15, 0.2) is 0 Å². The molecule has 13 heavy (non-hydrogen) atoms. The van der Waals surface area contributed by atoms with Crippen molar-refractivity contribution >= 4 is 17.8 Å². The minimum atomic E-state index is 0.462. The van der Waals surface area contributed by atoms with Crippen molar-refractivity contribution in [1.82, 2.24) is 0 Å². The lowest BCUT2D eigenvalue weighted by atomic mass is 10.2. The fourth-order valence-corrected chi connectivity index (χ4v) is 0.924. The van der Waals surface area contributed by atoms with Crippen molar-refractivity contribution in [3.63, 3.8) is 0 Å². The van der Waals surface area contributed by atoms with Crippen LogP contribution in [0.25, 0.3) is 0 Å². The molecule has 0 saturated heterocycles. The third kappa shape index (κ3) is 3.95. The Morgan fingerprint density at radius 2 is 2.08 bits per heavy atom. The van der Waals surface area contributed by atoms with Gasteiger partial charge in [0.1, 0.15) is 12.8 Å². The molecule has 3 heteroatoms. The number of rotatable bonds is 4. The van der Waals surface area contributed by atoms with Gasteiger partial charge in [-0.3, -0.25) is 0 Å². The van der Waals surface area contributed by atoms with E-state index in [0.717, 1.165) is 17.0 Å². The third-order valence-electron chi connectivity index (χ3n) is 1.43. The van der Waals surface area contributed by atoms with Gasteiger partial charge in [0, 0.05) is 5.02 Å². The lowest BCUT2D eigenvalue weighted by Gasteiger charge is -1.98. The first-order valence-electron chi connectivity index (χ1n) is 4.12. The maximum Gasteiger partial charge on any atom is 0.142 e. The standard InChI is InChI=1S/C10H11ClNO/c1-2-7-12-13-8-9-3-5-10(11)6-4-9/h3-6H,2,8H2,1H3. The van der Waals surface area contributed by atoms with Crippen LogP contribution in [0, 0.1) is 0 Å². The minimum Gasteiger partial charge on any atom is -0.391 e. The van der Waals surface area contributed by atoms with Crippen LogP contribution in [0.2, 0.25) is 5.02 Å². The normalized spacial score (nSPS) is 10.6. The molecule has 0 saturated carbocycles. The second-order valence-corrected chi connectivity index (χ2v) is 2.94. The molecule has 1 rings (SSSR count). The first-order chi connectivity index (χ1) is 6.33. The largest absolute Gasteiger partial charge is 0.391 e. The summed E-state index contributed by atoms with van der Waals surface area (Å²) in [6.07, 6.45) is 3.47. The molecule has 0 aliphatic rings. The van der Waals surface area contributed by atoms with Gasteiger partial charge in [-0.1, -0.05) is 35.8 Å². The lowest BCUT2D eigenvalue weighted by molar-refractivity contribution is 0.131. The fraction of sp³-hybridized carbons (Fsp3) is 0.300. The van der Waals surface area contributed by atoms with Gasteiger partial charge < -0.3 is 4.84 Å². The highest BCUT2D eigenvalue weighted by Gasteiger charge is 1.91. The van der Waals surface area contributed by atoms with Crippen LogP contribution in [-0.4, -0.2) is 6.21 Å². The maximum atomic E-state index is 5.72. The van der Waals surface area contributed by atoms with E-state index < -0.39 is 0 Å². The molecule has 0 aliphatic heterocycles. The average Bonchev–Trinajstić information content (AvgIpc) is 2.15. The van der Waals surface area contributed by atoms with Crippen LogP contribution in [0.4, 0.5) is 0 Å². The van der Waals surface area contributed by atoms with Crippen molar-refractivity contribution in [3.05, 3.63) is 34.9 Å². The summed E-state index contributed by atoms with van der Waals surface area (Å²) >= 11 is 5.72. The van der Waals surface area contributed by atoms with Gasteiger partial charge in [-0.25, -0.2) is 0 Å². The van der Waals surface area contributed by atoms with Crippen molar-refractivity contribution < 1.29 is 4.84 Å². The Morgan fingerprint density at radius 1 is 1.38 bits per heavy atom. The topological polar surface area (TPSA) is 21.6 Å². The molecule has 0 aromatic heterocycles. The molecule has 0 spiro atoms. The van der Waals surface area contributed by atoms with Gasteiger partial charge >= 0.3 is 0 Å². The smallest absolute Gasteiger partial charge is 0.142 e. The molecule has 0 aliphatic carbocycles. The number of nitrogens with zero attached hydrogens (tertiary/aromatic N) is 1. The number of hydrogen-bond donors (Lipinski definition) is 0. The molecule has 0 unspecified atom stereocenters. The molecule has 1 aromatic carbocycles. The van der Waals surface area contributed by atoms with E-state index in [1.807, 2.05) is 31.2 Å². The van der Waals surface area contributed by atoms with Gasteiger partial charge in [0.05, 0.1) is 0 Å². The second-order valence-electron chi connectivity index (χ2n) is 2.50. The molecule has 0 atom stereocenters. The van der Waals surface area contributed by atoms with Gasteiger partial charge in [0.25, 0.3) is 0 Å². The SMILES string of the molecule is CC/[C]=N\OCc1ccc(Cl)cc1. The van der Waals surface area contributed by atoms with Crippen molar-refractivity contribution in [2.45, 2.75) is 20.0 Å². The first-order valence-corrected chi connectivity index (χ1v) is 4.50. The monoisotopic (exact) mass is 196 g/mol. The van der Waals surface area contributed by atoms with Crippen LogP contribution in [0.5, 0.6) is 0 Å². The molecule has 0 bridgehead atoms. The van der Waals surface area contributed by atoms with Crippen LogP contribution >= 0.6 is 11.6 Å². The van der Waals surface area contributed by atoms with E-state index in [1.165, 1.54) is 0 Å². The maximum absolute atomic E-state index is 5.72. The number of benzene rings is 1. The van der Waals surface area contributed by atoms with Gasteiger partial charge in [-0.05, 0) is 24.1 Å². The van der Waals surface area contributed by atoms with E-state index in [4.69, 9.17) is 16.4 Å². The summed E-state index contributed by atoms with van der Waals surface area (Å²) in [5.41, 5.74) is 1.05. The van der Waals surface area contributed by atoms with Crippen LogP contribution in [0.3, 0.4) is 0 Å². The molecule has 1 aromatic rings. The summed E-state index contributed by atoms with van der Waals surface area (Å²) in [6.45, 7) is 2.42. The molecule has 0 amide bonds. The highest BCUT2D eigenvalue weighted by molar-refractivity contribution is 6.30. The van der Waals surface area contributed by atoms with Crippen molar-refractivity contribution in [1.29, 1.82) is 0 Å². The summed E-state index contributed by atoms with van der Waals surface area (Å²) in [5, 5.41) is 4.35. The van der Waals surface area contributed by atoms with E-state index in [2.05, 4.69) is 11.4 Å². The first kappa shape index (κ1) is 10.1. The Morgan fingerprint density at radius 3 is 2.69 bits per heavy atom. The quantitative estimate of drug-likeness (QED) is 0.536. The summed E-state index contributed by atoms with van der Waals surface area (Å²) in [6, 6.07) is 7.47. The number of halogens is 1. The van der Waals surface area contributed by atoms with E-state index in [1.54, 1.807) is 0 Å². The third-order valence-corrected chi connectivity index (χ3v) is 1.68. The zero-order chi connectivity index (χ0) is 9.52. The van der Waals surface area contributed by atoms with Crippen molar-refractivity contribution in [3.8, 4) is 0 Å². The van der Waals surface area contributed by atoms with E-state index in [-0.39, 0.29) is 0 Å². The lowest BCUT2D eigenvalue weighted by Crippen LogP contribution is -1.86. The molecule has 2 nitrogen and oxygen atoms in total. The Balaban J connectivity index is 2.37. The Bertz CT molecular complexity index is 269. The van der Waals surface area contributed by atoms with E-state index >= 15 is 0 Å². The summed E-state index contributed by atoms with van der Waals surface area (Å²) in [7, 11) is 0. The molecule has 0 fully saturated rings. The van der Waals surface area contributed by atoms with Gasteiger partial charge in [-0.2, -0.15) is 0 Å². The highest BCUT2D eigenvalue weighted by atomic mass is 35.5. The molecule has 0 N–H and O–H groups in total. The zero-order valence-corrected chi connectivity index (χ0v) is 8.21. The van der Waals surface area contributed by atoms with Crippen molar-refractivity contribution in [2.75, 3.05) is 0 Å². The molecule has 1 radical (unpaired) electrons. The van der Waals surface area contributed by atoms with Gasteiger partial charge in [0.2, 0.25) is 0 Å². The predicted octanol–water partition coefficient (Wildman–Crippen LogP) is 3.13. The molecule has 0 heterocycles. The summed E-state index contributed by atoms with van der Waals surface area (Å²) in [5.74, 6) is 0. The van der Waals surface area contributed by atoms with Crippen LogP contribution in [0.1, 0.15) is 18.9 Å². The van der Waals surface area contributed by atoms with E-state index in [0.29, 0.717) is 6.61 Å². The predicted molar refractivity (Wildman–Crippen MR) is 54.0 cm³/mol. The average molecular weight is 197 g/mol. The summed E-state index contributed by atoms with van der Waals surface area (Å²) < 4.78 is 0. The van der Waals surface area contributed by atoms with Crippen LogP contribution in [0.15, 0.2) is 29.4 Å². The molecular weight excluding hydrogens is 186 g/mol. The van der Waals surface area contributed by atoms with Crippen molar-refractivity contribution in [2.24, 2.45) is 5.16 Å². The highest BCUT2D eigenvalue weighted by Crippen LogP contribution is 2.10. The van der Waals surface area contributed by atoms with Crippen LogP contribution in [-0.2, 0) is 11.4 Å². The Hall–Kier alpha value is -1.02. The Kier molecular flexibility index (Phi) is 4.33. The van der Waals surface area contributed by atoms with E-state index in [9.17, 15) is 0 Å². The summed E-state index contributed by atoms with van der Waals surface area (Å²) in [4.78, 5) is 4.97. The van der Waals surface area contributed by atoms with Crippen LogP contribution < -0.4 is 0 Å². The van der Waals surface area contributed by atoms with Gasteiger partial charge in [-0.15, -0.1) is 0 Å². The zero-order valence-electron chi connectivity index (χ0n) is 7.46.